The van der Waals surface area contributed by atoms with E-state index in [1.54, 1.807) is 25.1 Å². The maximum absolute atomic E-state index is 12.2. The normalized spacial score (nSPS) is 11.7. The van der Waals surface area contributed by atoms with E-state index in [9.17, 15) is 20.1 Å². The molecule has 0 radical (unpaired) electrons. The molecule has 120 valence electrons. The van der Waals surface area contributed by atoms with Gasteiger partial charge < -0.3 is 10.5 Å². The number of hydrogen-bond donors (Lipinski definition) is 1. The highest BCUT2D eigenvalue weighted by Gasteiger charge is 2.20. The number of carbonyl (C=O) groups excluding carboxylic acids is 1. The summed E-state index contributed by atoms with van der Waals surface area (Å²) in [6.07, 6.45) is 1.35. The number of anilines is 1. The number of benzene rings is 1. The molecule has 0 spiro atoms. The molecule has 0 bridgehead atoms. The highest BCUT2D eigenvalue weighted by molar-refractivity contribution is 8.00. The van der Waals surface area contributed by atoms with Crippen molar-refractivity contribution >= 4 is 40.6 Å². The molecular formula is C14H12ClN3O4S. The molecular weight excluding hydrogens is 342 g/mol. The van der Waals surface area contributed by atoms with Crippen molar-refractivity contribution in [2.75, 3.05) is 5.32 Å². The molecule has 2 aromatic rings. The van der Waals surface area contributed by atoms with Crippen molar-refractivity contribution < 1.29 is 14.4 Å². The molecule has 1 N–H and O–H groups in total. The van der Waals surface area contributed by atoms with Gasteiger partial charge in [-0.1, -0.05) is 11.6 Å². The van der Waals surface area contributed by atoms with Gasteiger partial charge in [-0.2, -0.15) is 4.73 Å². The monoisotopic (exact) mass is 353 g/mol. The lowest BCUT2D eigenvalue weighted by Gasteiger charge is -2.12. The molecule has 0 aliphatic heterocycles. The number of hydrogen-bond acceptors (Lipinski definition) is 5. The van der Waals surface area contributed by atoms with Gasteiger partial charge in [0.15, 0.2) is 6.20 Å². The minimum absolute atomic E-state index is 0.0725. The third-order valence-corrected chi connectivity index (χ3v) is 4.31. The van der Waals surface area contributed by atoms with Gasteiger partial charge in [0.1, 0.15) is 0 Å². The van der Waals surface area contributed by atoms with Crippen molar-refractivity contribution in [2.45, 2.75) is 17.2 Å². The molecule has 1 atom stereocenters. The summed E-state index contributed by atoms with van der Waals surface area (Å²) >= 11 is 7.03. The Labute approximate surface area is 141 Å². The van der Waals surface area contributed by atoms with Crippen molar-refractivity contribution in [3.8, 4) is 0 Å². The summed E-state index contributed by atoms with van der Waals surface area (Å²) in [6.45, 7) is 1.65. The summed E-state index contributed by atoms with van der Waals surface area (Å²) in [4.78, 5) is 22.2. The lowest BCUT2D eigenvalue weighted by molar-refractivity contribution is -0.645. The van der Waals surface area contributed by atoms with Crippen LogP contribution in [-0.4, -0.2) is 16.1 Å². The van der Waals surface area contributed by atoms with Crippen molar-refractivity contribution in [2.24, 2.45) is 0 Å². The average Bonchev–Trinajstić information content (AvgIpc) is 2.51. The average molecular weight is 354 g/mol. The van der Waals surface area contributed by atoms with Crippen LogP contribution in [0.5, 0.6) is 0 Å². The van der Waals surface area contributed by atoms with Gasteiger partial charge >= 0.3 is 0 Å². The molecule has 23 heavy (non-hydrogen) atoms. The second kappa shape index (κ2) is 7.30. The molecule has 0 saturated heterocycles. The number of nitrogens with one attached hydrogen (secondary N) is 1. The van der Waals surface area contributed by atoms with Gasteiger partial charge in [-0.05, 0) is 30.8 Å². The number of rotatable bonds is 5. The number of nitrogens with zero attached hydrogens (tertiary/aromatic N) is 2. The lowest BCUT2D eigenvalue weighted by Crippen LogP contribution is -2.30. The molecule has 2 rings (SSSR count). The van der Waals surface area contributed by atoms with E-state index < -0.39 is 10.2 Å². The van der Waals surface area contributed by atoms with Crippen LogP contribution in [0.2, 0.25) is 5.02 Å². The van der Waals surface area contributed by atoms with Crippen LogP contribution in [0.3, 0.4) is 0 Å². The molecule has 0 aliphatic rings. The van der Waals surface area contributed by atoms with Crippen LogP contribution in [-0.2, 0) is 4.79 Å². The zero-order chi connectivity index (χ0) is 17.0. The summed E-state index contributed by atoms with van der Waals surface area (Å²) in [5, 5.41) is 24.7. The number of aromatic nitrogens is 1. The van der Waals surface area contributed by atoms with Crippen molar-refractivity contribution in [3.05, 3.63) is 62.9 Å². The molecule has 0 fully saturated rings. The van der Waals surface area contributed by atoms with Gasteiger partial charge in [0.25, 0.3) is 10.7 Å². The predicted molar refractivity (Wildman–Crippen MR) is 87.5 cm³/mol. The molecule has 1 amide bonds. The first-order valence-electron chi connectivity index (χ1n) is 6.48. The fraction of sp³-hybridized carbons (Fsp3) is 0.143. The lowest BCUT2D eigenvalue weighted by atomic mass is 10.2. The van der Waals surface area contributed by atoms with Gasteiger partial charge in [-0.15, -0.1) is 0 Å². The Morgan fingerprint density at radius 3 is 2.74 bits per heavy atom. The molecule has 7 nitrogen and oxygen atoms in total. The van der Waals surface area contributed by atoms with E-state index in [4.69, 9.17) is 11.6 Å². The van der Waals surface area contributed by atoms with Crippen molar-refractivity contribution in [1.82, 2.24) is 0 Å². The number of non-ortho nitro benzene ring substituents is 1. The van der Waals surface area contributed by atoms with E-state index in [0.717, 1.165) is 17.8 Å². The van der Waals surface area contributed by atoms with E-state index in [-0.39, 0.29) is 22.3 Å². The summed E-state index contributed by atoms with van der Waals surface area (Å²) in [7, 11) is 0. The van der Waals surface area contributed by atoms with E-state index in [1.807, 2.05) is 0 Å². The van der Waals surface area contributed by atoms with Crippen LogP contribution in [0.4, 0.5) is 11.4 Å². The Kier molecular flexibility index (Phi) is 5.41. The third-order valence-electron chi connectivity index (χ3n) is 2.88. The Morgan fingerprint density at radius 2 is 2.13 bits per heavy atom. The fourth-order valence-electron chi connectivity index (χ4n) is 1.69. The second-order valence-corrected chi connectivity index (χ2v) is 6.30. The second-order valence-electron chi connectivity index (χ2n) is 4.54. The number of thioether (sulfide) groups is 1. The largest absolute Gasteiger partial charge is 0.618 e. The third kappa shape index (κ3) is 4.33. The Morgan fingerprint density at radius 1 is 1.39 bits per heavy atom. The zero-order valence-electron chi connectivity index (χ0n) is 11.9. The SMILES string of the molecule is C[C@H](Sc1cccc[n+]1[O-])C(=O)Nc1ccc([N+](=O)[O-])cc1Cl. The quantitative estimate of drug-likeness (QED) is 0.293. The number of amides is 1. The van der Waals surface area contributed by atoms with Gasteiger partial charge in [0.05, 0.1) is 20.9 Å². The maximum atomic E-state index is 12.2. The Hall–Kier alpha value is -2.32. The standard InChI is InChI=1S/C14H12ClN3O4S/c1-9(23-13-4-2-3-7-17(13)20)14(19)16-12-6-5-10(18(21)22)8-11(12)15/h2-9H,1H3,(H,16,19)/t9-/m0/s1. The molecule has 0 aliphatic carbocycles. The van der Waals surface area contributed by atoms with Gasteiger partial charge in [-0.25, -0.2) is 0 Å². The van der Waals surface area contributed by atoms with Crippen LogP contribution < -0.4 is 10.0 Å². The van der Waals surface area contributed by atoms with Gasteiger partial charge in [0.2, 0.25) is 5.91 Å². The summed E-state index contributed by atoms with van der Waals surface area (Å²) < 4.78 is 0.674. The van der Waals surface area contributed by atoms with E-state index in [1.165, 1.54) is 18.3 Å². The molecule has 1 aromatic heterocycles. The number of carbonyl (C=O) groups is 1. The molecule has 9 heteroatoms. The van der Waals surface area contributed by atoms with Gasteiger partial charge in [0, 0.05) is 24.3 Å². The number of pyridine rings is 1. The smallest absolute Gasteiger partial charge is 0.271 e. The van der Waals surface area contributed by atoms with Crippen LogP contribution in [0.1, 0.15) is 6.92 Å². The number of halogens is 1. The highest BCUT2D eigenvalue weighted by Crippen LogP contribution is 2.28. The molecule has 0 unspecified atom stereocenters. The summed E-state index contributed by atoms with van der Waals surface area (Å²) in [6, 6.07) is 8.69. The van der Waals surface area contributed by atoms with Crippen molar-refractivity contribution in [1.29, 1.82) is 0 Å². The first-order chi connectivity index (χ1) is 10.9. The Bertz CT molecular complexity index is 757. The first kappa shape index (κ1) is 17.0. The molecule has 0 saturated carbocycles. The number of nitro groups is 1. The Balaban J connectivity index is 2.07. The highest BCUT2D eigenvalue weighted by atomic mass is 35.5. The summed E-state index contributed by atoms with van der Waals surface area (Å²) in [5.41, 5.74) is 0.116. The zero-order valence-corrected chi connectivity index (χ0v) is 13.5. The van der Waals surface area contributed by atoms with E-state index in [0.29, 0.717) is 9.76 Å². The first-order valence-corrected chi connectivity index (χ1v) is 7.74. The maximum Gasteiger partial charge on any atom is 0.271 e. The van der Waals surface area contributed by atoms with Crippen LogP contribution in [0.15, 0.2) is 47.6 Å². The van der Waals surface area contributed by atoms with Crippen molar-refractivity contribution in [3.63, 3.8) is 0 Å². The van der Waals surface area contributed by atoms with Gasteiger partial charge in [-0.3, -0.25) is 14.9 Å². The van der Waals surface area contributed by atoms with Crippen LogP contribution >= 0.6 is 23.4 Å². The topological polar surface area (TPSA) is 99.2 Å². The van der Waals surface area contributed by atoms with Crippen LogP contribution in [0, 0.1) is 15.3 Å². The fourth-order valence-corrected chi connectivity index (χ4v) is 2.76. The number of nitro benzene ring substituents is 1. The minimum Gasteiger partial charge on any atom is -0.618 e. The molecule has 1 heterocycles. The predicted octanol–water partition coefficient (Wildman–Crippen LogP) is 3.00. The minimum atomic E-state index is -0.571. The van der Waals surface area contributed by atoms with Crippen LogP contribution in [0.25, 0.3) is 0 Å². The molecule has 1 aromatic carbocycles. The van der Waals surface area contributed by atoms with E-state index in [2.05, 4.69) is 5.32 Å². The summed E-state index contributed by atoms with van der Waals surface area (Å²) in [5.74, 6) is -0.366. The van der Waals surface area contributed by atoms with E-state index >= 15 is 0 Å².